The van der Waals surface area contributed by atoms with Gasteiger partial charge in [-0.1, -0.05) is 31.1 Å². The molecule has 28 heteroatoms. The number of aromatic hydroxyl groups is 1. The molecule has 0 aliphatic carbocycles. The fraction of sp³-hybridized carbons (Fsp3) is 0.545. The van der Waals surface area contributed by atoms with E-state index < -0.39 is 158 Å². The predicted molar refractivity (Wildman–Crippen MR) is 248 cm³/mol. The minimum atomic E-state index is -2.01. The molecule has 14 N–H and O–H groups in total. The van der Waals surface area contributed by atoms with E-state index in [0.717, 1.165) is 4.90 Å². The average Bonchev–Trinajstić information content (AvgIpc) is 3.80. The van der Waals surface area contributed by atoms with E-state index in [1.165, 1.54) is 24.3 Å². The van der Waals surface area contributed by atoms with Crippen LogP contribution in [0.5, 0.6) is 5.75 Å². The molecule has 1 aromatic rings. The van der Waals surface area contributed by atoms with E-state index in [1.807, 2.05) is 0 Å². The third kappa shape index (κ3) is 20.6. The second-order valence-corrected chi connectivity index (χ2v) is 17.1. The number of likely N-dealkylation sites (tertiary alicyclic amines) is 1. The Morgan fingerprint density at radius 1 is 0.722 bits per heavy atom. The van der Waals surface area contributed by atoms with Crippen molar-refractivity contribution in [1.82, 2.24) is 36.8 Å². The molecule has 0 radical (unpaired) electrons. The number of nitrogens with one attached hydrogen (secondary N) is 6. The summed E-state index contributed by atoms with van der Waals surface area (Å²) in [4.78, 5) is 158. The number of rotatable bonds is 31. The number of hydrogen-bond acceptors (Lipinski definition) is 14. The zero-order valence-corrected chi connectivity index (χ0v) is 39.4. The van der Waals surface area contributed by atoms with E-state index in [2.05, 4.69) is 47.8 Å². The van der Waals surface area contributed by atoms with Crippen molar-refractivity contribution in [2.75, 3.05) is 6.54 Å². The van der Waals surface area contributed by atoms with Gasteiger partial charge in [0, 0.05) is 43.6 Å². The highest BCUT2D eigenvalue weighted by Crippen LogP contribution is 2.21. The minimum Gasteiger partial charge on any atom is -0.508 e. The molecule has 1 fully saturated rings. The highest BCUT2D eigenvalue weighted by atomic mass is 16.4. The van der Waals surface area contributed by atoms with Crippen LogP contribution in [-0.2, 0) is 64.0 Å². The molecule has 0 saturated carbocycles. The van der Waals surface area contributed by atoms with Gasteiger partial charge in [-0.25, -0.2) is 0 Å². The topological polar surface area (TPSA) is 462 Å². The number of carbonyl (C=O) groups excluding carboxylic acids is 9. The first-order chi connectivity index (χ1) is 33.9. The largest absolute Gasteiger partial charge is 0.508 e. The van der Waals surface area contributed by atoms with Crippen molar-refractivity contribution in [2.24, 2.45) is 22.5 Å². The van der Waals surface area contributed by atoms with E-state index in [9.17, 15) is 78.0 Å². The van der Waals surface area contributed by atoms with Crippen LogP contribution in [0.25, 0.3) is 10.4 Å². The van der Waals surface area contributed by atoms with Gasteiger partial charge in [0.15, 0.2) is 0 Å². The molecule has 392 valence electrons. The van der Waals surface area contributed by atoms with Gasteiger partial charge in [-0.15, -0.1) is 12.3 Å². The first-order valence-electron chi connectivity index (χ1n) is 22.5. The highest BCUT2D eigenvalue weighted by molar-refractivity contribution is 5.99. The Labute approximate surface area is 411 Å². The molecule has 2 rings (SSSR count). The molecule has 9 amide bonds. The minimum absolute atomic E-state index is 0.00455. The fourth-order valence-corrected chi connectivity index (χ4v) is 7.28. The number of benzene rings is 1. The second-order valence-electron chi connectivity index (χ2n) is 17.1. The van der Waals surface area contributed by atoms with Crippen LogP contribution in [0.2, 0.25) is 0 Å². The van der Waals surface area contributed by atoms with Gasteiger partial charge in [-0.3, -0.25) is 57.5 Å². The van der Waals surface area contributed by atoms with E-state index >= 15 is 0 Å². The number of carboxylic acids is 3. The molecule has 1 heterocycles. The number of carboxylic acid groups (broad SMARTS) is 3. The van der Waals surface area contributed by atoms with Crippen LogP contribution in [0.1, 0.15) is 90.0 Å². The maximum atomic E-state index is 14.3. The Bertz CT molecular complexity index is 2280. The number of amides is 9. The van der Waals surface area contributed by atoms with Crippen LogP contribution in [0.3, 0.4) is 0 Å². The predicted octanol–water partition coefficient (Wildman–Crippen LogP) is -2.46. The number of primary amides is 2. The van der Waals surface area contributed by atoms with Gasteiger partial charge in [0.1, 0.15) is 54.1 Å². The van der Waals surface area contributed by atoms with E-state index in [-0.39, 0.29) is 56.7 Å². The number of terminal acetylenes is 1. The number of phenolic OH excluding ortho intramolecular Hbond substituents is 1. The van der Waals surface area contributed by atoms with Gasteiger partial charge in [-0.05, 0) is 67.7 Å². The Morgan fingerprint density at radius 2 is 1.25 bits per heavy atom. The molecule has 1 aliphatic heterocycles. The second kappa shape index (κ2) is 29.5. The van der Waals surface area contributed by atoms with Crippen LogP contribution in [-0.4, -0.2) is 151 Å². The summed E-state index contributed by atoms with van der Waals surface area (Å²) in [7, 11) is 0. The third-order valence-corrected chi connectivity index (χ3v) is 10.9. The Hall–Kier alpha value is -8.47. The summed E-state index contributed by atoms with van der Waals surface area (Å²) in [6.45, 7) is 3.27. The van der Waals surface area contributed by atoms with Gasteiger partial charge in [0.25, 0.3) is 0 Å². The number of nitrogens with two attached hydrogens (primary N) is 2. The van der Waals surface area contributed by atoms with Gasteiger partial charge in [0.05, 0.1) is 6.42 Å². The van der Waals surface area contributed by atoms with Crippen molar-refractivity contribution in [1.29, 1.82) is 0 Å². The monoisotopic (exact) mass is 1010 g/mol. The summed E-state index contributed by atoms with van der Waals surface area (Å²) >= 11 is 0. The summed E-state index contributed by atoms with van der Waals surface area (Å²) in [5.41, 5.74) is 19.8. The molecular weight excluding hydrogens is 953 g/mol. The molecule has 1 aliphatic rings. The zero-order chi connectivity index (χ0) is 54.2. The lowest BCUT2D eigenvalue weighted by atomic mass is 10.0. The number of phenols is 1. The lowest BCUT2D eigenvalue weighted by Crippen LogP contribution is -2.60. The number of aliphatic carboxylic acids is 3. The first-order valence-corrected chi connectivity index (χ1v) is 22.5. The standard InChI is InChI=1S/C44H60N12O16/c1-4-6-25(37(46)65)48-38(66)26(13-16-34(59)60)49-40(68)29(19-22(2)3)53-43(71)32-7-5-18-56(32)44(72)28(14-17-35(61)62)50-42(70)31(21-36(63)64)52-41(69)30(20-23-8-10-24(57)11-9-23)51-39(67)27(54-55-47)12-15-33(45)58/h1,8-11,22,25-32,57H,5-7,12-21H2,2-3H3,(H2,45,58)(H2,46,65)(H,48,66)(H,49,68)(H,50,70)(H,51,67)(H,52,69)(H,53,71)(H,59,60)(H,61,62)(H,63,64)/t25-,26-,27?,28-,29-,30-,31-,32-/m0/s1. The maximum absolute atomic E-state index is 14.3. The van der Waals surface area contributed by atoms with Crippen molar-refractivity contribution in [3.63, 3.8) is 0 Å². The molecule has 1 saturated heterocycles. The fourth-order valence-electron chi connectivity index (χ4n) is 7.28. The van der Waals surface area contributed by atoms with Gasteiger partial charge < -0.3 is 68.7 Å². The van der Waals surface area contributed by atoms with Crippen molar-refractivity contribution < 1.29 is 78.0 Å². The van der Waals surface area contributed by atoms with Gasteiger partial charge in [-0.2, -0.15) is 0 Å². The maximum Gasteiger partial charge on any atom is 0.305 e. The van der Waals surface area contributed by atoms with Crippen molar-refractivity contribution in [3.05, 3.63) is 40.3 Å². The van der Waals surface area contributed by atoms with Gasteiger partial charge in [0.2, 0.25) is 53.2 Å². The molecule has 0 bridgehead atoms. The van der Waals surface area contributed by atoms with Crippen molar-refractivity contribution >= 4 is 71.1 Å². The summed E-state index contributed by atoms with van der Waals surface area (Å²) in [6.07, 6.45) is 0.399. The smallest absolute Gasteiger partial charge is 0.305 e. The normalized spacial score (nSPS) is 15.8. The summed E-state index contributed by atoms with van der Waals surface area (Å²) < 4.78 is 0. The Balaban J connectivity index is 2.44. The van der Waals surface area contributed by atoms with Crippen LogP contribution in [0.15, 0.2) is 29.4 Å². The van der Waals surface area contributed by atoms with Gasteiger partial charge >= 0.3 is 17.9 Å². The Kier molecular flexibility index (Phi) is 24.5. The quantitative estimate of drug-likeness (QED) is 0.0159. The number of hydrogen-bond donors (Lipinski definition) is 12. The van der Waals surface area contributed by atoms with Crippen molar-refractivity contribution in [2.45, 2.75) is 139 Å². The molecule has 0 aromatic heterocycles. The van der Waals surface area contributed by atoms with Crippen molar-refractivity contribution in [3.8, 4) is 18.1 Å². The van der Waals surface area contributed by atoms with Crippen LogP contribution < -0.4 is 43.4 Å². The molecule has 0 spiro atoms. The molecular formula is C44H60N12O16. The summed E-state index contributed by atoms with van der Waals surface area (Å²) in [5, 5.41) is 55.8. The zero-order valence-electron chi connectivity index (χ0n) is 39.4. The number of nitrogens with zero attached hydrogens (tertiary/aromatic N) is 4. The summed E-state index contributed by atoms with van der Waals surface area (Å²) in [5.74, 6) is -11.9. The SMILES string of the molecule is C#CC[C@H](NC(=O)[C@H](CCC(=O)O)NC(=O)[C@H](CC(C)C)NC(=O)[C@@H]1CCCN1C(=O)[C@H](CCC(=O)O)NC(=O)[C@H](CC(=O)O)NC(=O)[C@H](Cc1ccc(O)cc1)NC(=O)C(CCC(N)=O)N=[N+]=[N-])C(N)=O. The molecule has 1 aromatic carbocycles. The van der Waals surface area contributed by atoms with Crippen LogP contribution >= 0.6 is 0 Å². The summed E-state index contributed by atoms with van der Waals surface area (Å²) in [6, 6.07) is -7.39. The van der Waals surface area contributed by atoms with Crippen LogP contribution in [0.4, 0.5) is 0 Å². The first kappa shape index (κ1) is 59.7. The average molecular weight is 1010 g/mol. The third-order valence-electron chi connectivity index (χ3n) is 10.9. The lowest BCUT2D eigenvalue weighted by Gasteiger charge is -2.31. The highest BCUT2D eigenvalue weighted by Gasteiger charge is 2.41. The molecule has 1 unspecified atom stereocenters. The van der Waals surface area contributed by atoms with E-state index in [4.69, 9.17) is 23.4 Å². The van der Waals surface area contributed by atoms with E-state index in [0.29, 0.717) is 5.56 Å². The Morgan fingerprint density at radius 3 is 1.79 bits per heavy atom. The lowest BCUT2D eigenvalue weighted by molar-refractivity contribution is -0.144. The van der Waals surface area contributed by atoms with Crippen LogP contribution in [0, 0.1) is 18.3 Å². The number of carbonyl (C=O) groups is 12. The molecule has 72 heavy (non-hydrogen) atoms. The molecule has 28 nitrogen and oxygen atoms in total. The van der Waals surface area contributed by atoms with E-state index in [1.54, 1.807) is 13.8 Å². The molecule has 8 atom stereocenters. The number of azide groups is 1.